The fourth-order valence-corrected chi connectivity index (χ4v) is 2.53. The van der Waals surface area contributed by atoms with Gasteiger partial charge in [-0.05, 0) is 15.9 Å². The zero-order valence-electron chi connectivity index (χ0n) is 7.95. The number of halogens is 1. The molecule has 0 radical (unpaired) electrons. The molecule has 0 fully saturated rings. The lowest BCUT2D eigenvalue weighted by Gasteiger charge is -2.01. The molecule has 0 bridgehead atoms. The van der Waals surface area contributed by atoms with Crippen LogP contribution in [0.2, 0.25) is 0 Å². The third kappa shape index (κ3) is 1.90. The second kappa shape index (κ2) is 3.75. The van der Waals surface area contributed by atoms with Crippen molar-refractivity contribution < 1.29 is 17.8 Å². The number of fused-ring (bicyclic) bond motifs is 1. The van der Waals surface area contributed by atoms with Crippen molar-refractivity contribution in [3.8, 4) is 0 Å². The number of primary sulfonamides is 1. The number of aromatic nitrogens is 1. The molecule has 0 saturated carbocycles. The summed E-state index contributed by atoms with van der Waals surface area (Å²) in [6.07, 6.45) is 0.980. The molecule has 1 heterocycles. The van der Waals surface area contributed by atoms with Gasteiger partial charge in [-0.2, -0.15) is 0 Å². The number of hydrogen-bond donors (Lipinski definition) is 1. The number of nitrogens with two attached hydrogens (primary N) is 1. The molecular formula is C7H4BrN3O5S. The molecule has 0 aliphatic heterocycles. The van der Waals surface area contributed by atoms with Gasteiger partial charge in [-0.25, -0.2) is 18.5 Å². The highest BCUT2D eigenvalue weighted by molar-refractivity contribution is 9.10. The first kappa shape index (κ1) is 12.0. The van der Waals surface area contributed by atoms with Gasteiger partial charge in [0.2, 0.25) is 10.0 Å². The topological polar surface area (TPSA) is 129 Å². The number of oxazole rings is 1. The van der Waals surface area contributed by atoms with Crippen molar-refractivity contribution in [3.63, 3.8) is 0 Å². The Balaban J connectivity index is 2.99. The third-order valence-corrected chi connectivity index (χ3v) is 3.69. The summed E-state index contributed by atoms with van der Waals surface area (Å²) < 4.78 is 27.5. The third-order valence-electron chi connectivity index (χ3n) is 2.00. The largest absolute Gasteiger partial charge is 0.442 e. The Morgan fingerprint density at radius 2 is 2.18 bits per heavy atom. The van der Waals surface area contributed by atoms with Gasteiger partial charge in [-0.3, -0.25) is 10.1 Å². The number of nitro groups is 1. The van der Waals surface area contributed by atoms with Gasteiger partial charge in [0.05, 0.1) is 4.92 Å². The molecule has 0 spiro atoms. The van der Waals surface area contributed by atoms with Crippen molar-refractivity contribution in [1.29, 1.82) is 0 Å². The summed E-state index contributed by atoms with van der Waals surface area (Å²) in [5.41, 5.74) is -0.550. The highest BCUT2D eigenvalue weighted by Gasteiger charge is 2.26. The highest BCUT2D eigenvalue weighted by atomic mass is 79.9. The molecule has 0 atom stereocenters. The van der Waals surface area contributed by atoms with Crippen molar-refractivity contribution in [2.75, 3.05) is 0 Å². The number of benzene rings is 1. The van der Waals surface area contributed by atoms with E-state index in [4.69, 9.17) is 9.56 Å². The number of nitro benzene ring substituents is 1. The second-order valence-electron chi connectivity index (χ2n) is 3.04. The molecule has 10 heteroatoms. The lowest BCUT2D eigenvalue weighted by Crippen LogP contribution is -2.13. The van der Waals surface area contributed by atoms with Crippen LogP contribution in [0.4, 0.5) is 5.69 Å². The van der Waals surface area contributed by atoms with Crippen LogP contribution >= 0.6 is 15.9 Å². The van der Waals surface area contributed by atoms with Gasteiger partial charge >= 0.3 is 0 Å². The summed E-state index contributed by atoms with van der Waals surface area (Å²) in [5, 5.41) is 15.7. The predicted molar refractivity (Wildman–Crippen MR) is 59.7 cm³/mol. The van der Waals surface area contributed by atoms with Crippen LogP contribution < -0.4 is 5.14 Å². The quantitative estimate of drug-likeness (QED) is 0.652. The zero-order chi connectivity index (χ0) is 12.8. The van der Waals surface area contributed by atoms with E-state index >= 15 is 0 Å². The summed E-state index contributed by atoms with van der Waals surface area (Å²) in [6, 6.07) is 0.838. The zero-order valence-corrected chi connectivity index (χ0v) is 10.4. The minimum Gasteiger partial charge on any atom is -0.442 e. The van der Waals surface area contributed by atoms with E-state index in [1.807, 2.05) is 0 Å². The van der Waals surface area contributed by atoms with Gasteiger partial charge in [-0.1, -0.05) is 0 Å². The standard InChI is InChI=1S/C7H4BrN3O5S/c8-5-3(11(12)13)1-4(17(9,14)15)6-7(5)16-2-10-6/h1-2H,(H2,9,14,15). The average molecular weight is 322 g/mol. The molecule has 2 aromatic rings. The molecule has 0 aliphatic rings. The average Bonchev–Trinajstić information content (AvgIpc) is 2.64. The predicted octanol–water partition coefficient (Wildman–Crippen LogP) is 1.15. The number of sulfonamides is 1. The molecule has 0 saturated heterocycles. The summed E-state index contributed by atoms with van der Waals surface area (Å²) in [5.74, 6) is 0. The molecule has 1 aromatic carbocycles. The van der Waals surface area contributed by atoms with Crippen molar-refractivity contribution in [2.24, 2.45) is 5.14 Å². The maximum Gasteiger partial charge on any atom is 0.288 e. The molecule has 0 aliphatic carbocycles. The monoisotopic (exact) mass is 321 g/mol. The van der Waals surface area contributed by atoms with Crippen LogP contribution in [0.3, 0.4) is 0 Å². The van der Waals surface area contributed by atoms with Crippen LogP contribution in [-0.4, -0.2) is 18.3 Å². The molecule has 1 aromatic heterocycles. The van der Waals surface area contributed by atoms with Crippen LogP contribution in [0.1, 0.15) is 0 Å². The smallest absolute Gasteiger partial charge is 0.288 e. The molecule has 2 N–H and O–H groups in total. The Hall–Kier alpha value is -1.52. The minimum absolute atomic E-state index is 0.0161. The first-order valence-corrected chi connectivity index (χ1v) is 6.39. The summed E-state index contributed by atoms with van der Waals surface area (Å²) in [6.45, 7) is 0. The van der Waals surface area contributed by atoms with E-state index in [9.17, 15) is 18.5 Å². The van der Waals surface area contributed by atoms with Gasteiger partial charge in [0, 0.05) is 6.07 Å². The maximum atomic E-state index is 11.3. The Morgan fingerprint density at radius 1 is 1.53 bits per heavy atom. The van der Waals surface area contributed by atoms with E-state index in [0.717, 1.165) is 12.5 Å². The van der Waals surface area contributed by atoms with Gasteiger partial charge in [0.15, 0.2) is 12.0 Å². The molecule has 0 amide bonds. The second-order valence-corrected chi connectivity index (χ2v) is 5.36. The van der Waals surface area contributed by atoms with Gasteiger partial charge in [0.25, 0.3) is 5.69 Å². The van der Waals surface area contributed by atoms with E-state index in [-0.39, 0.29) is 15.6 Å². The lowest BCUT2D eigenvalue weighted by molar-refractivity contribution is -0.385. The summed E-state index contributed by atoms with van der Waals surface area (Å²) in [7, 11) is -4.12. The summed E-state index contributed by atoms with van der Waals surface area (Å²) in [4.78, 5) is 13.2. The van der Waals surface area contributed by atoms with E-state index in [1.165, 1.54) is 0 Å². The van der Waals surface area contributed by atoms with Crippen LogP contribution in [0.25, 0.3) is 11.1 Å². The normalized spacial score (nSPS) is 11.9. The molecule has 90 valence electrons. The Labute approximate surface area is 103 Å². The van der Waals surface area contributed by atoms with Crippen LogP contribution in [-0.2, 0) is 10.0 Å². The Bertz CT molecular complexity index is 722. The molecule has 0 unspecified atom stereocenters. The van der Waals surface area contributed by atoms with E-state index in [1.54, 1.807) is 0 Å². The Morgan fingerprint density at radius 3 is 2.71 bits per heavy atom. The SMILES string of the molecule is NS(=O)(=O)c1cc([N+](=O)[O-])c(Br)c2ocnc12. The molecule has 17 heavy (non-hydrogen) atoms. The lowest BCUT2D eigenvalue weighted by atomic mass is 10.3. The van der Waals surface area contributed by atoms with Gasteiger partial charge in [-0.15, -0.1) is 0 Å². The van der Waals surface area contributed by atoms with Gasteiger partial charge < -0.3 is 4.42 Å². The number of nitrogens with zero attached hydrogens (tertiary/aromatic N) is 2. The first-order valence-electron chi connectivity index (χ1n) is 4.05. The van der Waals surface area contributed by atoms with E-state index in [0.29, 0.717) is 0 Å². The van der Waals surface area contributed by atoms with Crippen LogP contribution in [0, 0.1) is 10.1 Å². The number of rotatable bonds is 2. The van der Waals surface area contributed by atoms with Gasteiger partial charge in [0.1, 0.15) is 14.9 Å². The maximum absolute atomic E-state index is 11.3. The summed E-state index contributed by atoms with van der Waals surface area (Å²) >= 11 is 2.95. The number of hydrogen-bond acceptors (Lipinski definition) is 6. The fourth-order valence-electron chi connectivity index (χ4n) is 1.30. The van der Waals surface area contributed by atoms with Crippen molar-refractivity contribution in [1.82, 2.24) is 4.98 Å². The van der Waals surface area contributed by atoms with Crippen molar-refractivity contribution in [2.45, 2.75) is 4.90 Å². The minimum atomic E-state index is -4.12. The molecule has 2 rings (SSSR count). The highest BCUT2D eigenvalue weighted by Crippen LogP contribution is 2.36. The van der Waals surface area contributed by atoms with Crippen molar-refractivity contribution >= 4 is 42.7 Å². The molecule has 8 nitrogen and oxygen atoms in total. The molecular weight excluding hydrogens is 318 g/mol. The first-order chi connectivity index (χ1) is 7.82. The fraction of sp³-hybridized carbons (Fsp3) is 0. The van der Waals surface area contributed by atoms with Crippen LogP contribution in [0.5, 0.6) is 0 Å². The van der Waals surface area contributed by atoms with E-state index < -0.39 is 25.5 Å². The van der Waals surface area contributed by atoms with Crippen molar-refractivity contribution in [3.05, 3.63) is 27.0 Å². The van der Waals surface area contributed by atoms with E-state index in [2.05, 4.69) is 20.9 Å². The Kier molecular flexibility index (Phi) is 2.64. The van der Waals surface area contributed by atoms with Crippen LogP contribution in [0.15, 0.2) is 26.2 Å².